The van der Waals surface area contributed by atoms with Crippen LogP contribution in [-0.2, 0) is 19.1 Å². The first-order valence-corrected chi connectivity index (χ1v) is 6.30. The maximum Gasteiger partial charge on any atom is 0.333 e. The summed E-state index contributed by atoms with van der Waals surface area (Å²) in [5.74, 6) is -1.64. The Kier molecular flexibility index (Phi) is 5.71. The summed E-state index contributed by atoms with van der Waals surface area (Å²) in [6.07, 6.45) is 0.294. The van der Waals surface area contributed by atoms with Crippen LogP contribution in [0.5, 0.6) is 5.75 Å². The van der Waals surface area contributed by atoms with E-state index in [0.29, 0.717) is 5.69 Å². The highest BCUT2D eigenvalue weighted by atomic mass is 16.6. The molecule has 0 aliphatic heterocycles. The highest BCUT2D eigenvalue weighted by molar-refractivity contribution is 5.99. The van der Waals surface area contributed by atoms with Crippen LogP contribution in [0.4, 0.5) is 5.69 Å². The molecule has 20 heavy (non-hydrogen) atoms. The van der Waals surface area contributed by atoms with Gasteiger partial charge >= 0.3 is 11.9 Å². The molecule has 0 unspecified atom stereocenters. The number of nitrogens with zero attached hydrogens (tertiary/aromatic N) is 1. The second-order valence-electron chi connectivity index (χ2n) is 4.05. The van der Waals surface area contributed by atoms with E-state index in [4.69, 9.17) is 0 Å². The van der Waals surface area contributed by atoms with Crippen LogP contribution in [0.25, 0.3) is 0 Å². The van der Waals surface area contributed by atoms with Crippen molar-refractivity contribution in [1.82, 2.24) is 0 Å². The number of carbonyl (C=O) groups excluding carboxylic acids is 3. The number of hydrogen-bond donors (Lipinski definition) is 1. The first-order valence-electron chi connectivity index (χ1n) is 6.30. The van der Waals surface area contributed by atoms with Crippen molar-refractivity contribution in [3.63, 3.8) is 0 Å². The van der Waals surface area contributed by atoms with Crippen molar-refractivity contribution in [2.24, 2.45) is 0 Å². The largest absolute Gasteiger partial charge is 0.508 e. The van der Waals surface area contributed by atoms with Crippen molar-refractivity contribution in [3.05, 3.63) is 24.3 Å². The molecular formula is C14H17NO5. The zero-order valence-corrected chi connectivity index (χ0v) is 11.5. The minimum absolute atomic E-state index is 0.0568. The van der Waals surface area contributed by atoms with Crippen molar-refractivity contribution in [3.8, 4) is 5.75 Å². The number of carbonyl (C=O) groups is 3. The van der Waals surface area contributed by atoms with Crippen LogP contribution in [0.15, 0.2) is 24.3 Å². The van der Waals surface area contributed by atoms with Crippen LogP contribution in [0.2, 0.25) is 0 Å². The summed E-state index contributed by atoms with van der Waals surface area (Å²) in [6, 6.07) is 5.84. The first kappa shape index (κ1) is 15.7. The van der Waals surface area contributed by atoms with Gasteiger partial charge < -0.3 is 14.7 Å². The topological polar surface area (TPSA) is 83.9 Å². The van der Waals surface area contributed by atoms with Gasteiger partial charge in [-0.1, -0.05) is 13.8 Å². The summed E-state index contributed by atoms with van der Waals surface area (Å²) < 4.78 is 4.55. The fourth-order valence-corrected chi connectivity index (χ4v) is 1.51. The lowest BCUT2D eigenvalue weighted by Gasteiger charge is -2.21. The summed E-state index contributed by atoms with van der Waals surface area (Å²) in [4.78, 5) is 35.7. The molecule has 6 heteroatoms. The molecule has 1 N–H and O–H groups in total. The van der Waals surface area contributed by atoms with Crippen LogP contribution >= 0.6 is 0 Å². The normalized spacial score (nSPS) is 9.90. The van der Waals surface area contributed by atoms with Gasteiger partial charge in [-0.05, 0) is 24.3 Å². The molecule has 1 aromatic carbocycles. The predicted molar refractivity (Wildman–Crippen MR) is 72.1 cm³/mol. The van der Waals surface area contributed by atoms with Gasteiger partial charge in [0.15, 0.2) is 0 Å². The minimum atomic E-state index is -0.785. The summed E-state index contributed by atoms with van der Waals surface area (Å²) >= 11 is 0. The highest BCUT2D eigenvalue weighted by Gasteiger charge is 2.20. The van der Waals surface area contributed by atoms with E-state index in [2.05, 4.69) is 4.74 Å². The molecule has 1 rings (SSSR count). The molecule has 0 saturated carbocycles. The molecule has 0 aliphatic rings. The van der Waals surface area contributed by atoms with Crippen molar-refractivity contribution < 1.29 is 24.2 Å². The first-order chi connectivity index (χ1) is 9.47. The van der Waals surface area contributed by atoms with Gasteiger partial charge in [-0.15, -0.1) is 0 Å². The molecule has 0 aromatic heterocycles. The fraction of sp³-hybridized carbons (Fsp3) is 0.357. The molecule has 0 radical (unpaired) electrons. The average molecular weight is 279 g/mol. The number of amides is 1. The third-order valence-corrected chi connectivity index (χ3v) is 2.57. The molecule has 0 heterocycles. The number of benzene rings is 1. The van der Waals surface area contributed by atoms with Crippen LogP contribution in [0, 0.1) is 0 Å². The number of ether oxygens (including phenoxy) is 1. The Labute approximate surface area is 117 Å². The van der Waals surface area contributed by atoms with Gasteiger partial charge in [0.1, 0.15) is 12.3 Å². The van der Waals surface area contributed by atoms with E-state index in [0.717, 1.165) is 0 Å². The second kappa shape index (κ2) is 7.28. The number of aromatic hydroxyl groups is 1. The van der Waals surface area contributed by atoms with Crippen molar-refractivity contribution in [2.45, 2.75) is 26.7 Å². The van der Waals surface area contributed by atoms with Crippen LogP contribution in [0.1, 0.15) is 26.7 Å². The highest BCUT2D eigenvalue weighted by Crippen LogP contribution is 2.19. The third kappa shape index (κ3) is 4.38. The van der Waals surface area contributed by atoms with Crippen molar-refractivity contribution in [2.75, 3.05) is 11.4 Å². The molecule has 1 amide bonds. The van der Waals surface area contributed by atoms with Gasteiger partial charge in [-0.25, -0.2) is 4.79 Å². The molecule has 6 nitrogen and oxygen atoms in total. The maximum absolute atomic E-state index is 11.9. The molecule has 0 bridgehead atoms. The van der Waals surface area contributed by atoms with Crippen LogP contribution < -0.4 is 4.90 Å². The Morgan fingerprint density at radius 3 is 2.15 bits per heavy atom. The Hall–Kier alpha value is -2.37. The van der Waals surface area contributed by atoms with E-state index in [1.54, 1.807) is 13.8 Å². The molecule has 1 aromatic rings. The number of phenols is 1. The van der Waals surface area contributed by atoms with Gasteiger partial charge in [0.05, 0.1) is 0 Å². The van der Waals surface area contributed by atoms with E-state index >= 15 is 0 Å². The summed E-state index contributed by atoms with van der Waals surface area (Å²) in [5.41, 5.74) is 0.454. The van der Waals surface area contributed by atoms with Crippen LogP contribution in [-0.4, -0.2) is 29.5 Å². The lowest BCUT2D eigenvalue weighted by atomic mass is 10.2. The Morgan fingerprint density at radius 1 is 1.05 bits per heavy atom. The Balaban J connectivity index is 2.85. The quantitative estimate of drug-likeness (QED) is 0.654. The predicted octanol–water partition coefficient (Wildman–Crippen LogP) is 1.61. The van der Waals surface area contributed by atoms with Gasteiger partial charge in [-0.2, -0.15) is 0 Å². The number of hydrogen-bond acceptors (Lipinski definition) is 5. The lowest BCUT2D eigenvalue weighted by Crippen LogP contribution is -2.36. The number of esters is 2. The van der Waals surface area contributed by atoms with E-state index in [1.807, 2.05) is 0 Å². The fourth-order valence-electron chi connectivity index (χ4n) is 1.51. The van der Waals surface area contributed by atoms with Gasteiger partial charge in [0, 0.05) is 18.5 Å². The minimum Gasteiger partial charge on any atom is -0.508 e. The maximum atomic E-state index is 11.9. The molecule has 108 valence electrons. The van der Waals surface area contributed by atoms with Gasteiger partial charge in [0.2, 0.25) is 5.91 Å². The Bertz CT molecular complexity index is 495. The SMILES string of the molecule is CCC(=O)OC(=O)CN(C(=O)CC)c1ccc(O)cc1. The van der Waals surface area contributed by atoms with Crippen molar-refractivity contribution in [1.29, 1.82) is 0 Å². The van der Waals surface area contributed by atoms with Gasteiger partial charge in [0.25, 0.3) is 0 Å². The van der Waals surface area contributed by atoms with Crippen LogP contribution in [0.3, 0.4) is 0 Å². The smallest absolute Gasteiger partial charge is 0.333 e. The second-order valence-corrected chi connectivity index (χ2v) is 4.05. The third-order valence-electron chi connectivity index (χ3n) is 2.57. The molecule has 0 spiro atoms. The zero-order valence-electron chi connectivity index (χ0n) is 11.5. The monoisotopic (exact) mass is 279 g/mol. The van der Waals surface area contributed by atoms with E-state index < -0.39 is 11.9 Å². The standard InChI is InChI=1S/C14H17NO5/c1-3-12(17)15(9-14(19)20-13(18)4-2)10-5-7-11(16)8-6-10/h5-8,16H,3-4,9H2,1-2H3. The number of rotatable bonds is 5. The summed E-state index contributed by atoms with van der Waals surface area (Å²) in [6.45, 7) is 2.89. The lowest BCUT2D eigenvalue weighted by molar-refractivity contribution is -0.158. The molecule has 0 fully saturated rings. The Morgan fingerprint density at radius 2 is 1.65 bits per heavy atom. The molecule has 0 saturated heterocycles. The average Bonchev–Trinajstić information content (AvgIpc) is 2.44. The summed E-state index contributed by atoms with van der Waals surface area (Å²) in [7, 11) is 0. The van der Waals surface area contributed by atoms with E-state index in [-0.39, 0.29) is 31.0 Å². The molecule has 0 aliphatic carbocycles. The van der Waals surface area contributed by atoms with E-state index in [9.17, 15) is 19.5 Å². The molecular weight excluding hydrogens is 262 g/mol. The molecule has 0 atom stereocenters. The zero-order chi connectivity index (χ0) is 15.1. The van der Waals surface area contributed by atoms with Gasteiger partial charge in [-0.3, -0.25) is 9.59 Å². The van der Waals surface area contributed by atoms with Crippen molar-refractivity contribution >= 4 is 23.5 Å². The van der Waals surface area contributed by atoms with E-state index in [1.165, 1.54) is 29.2 Å². The number of anilines is 1. The summed E-state index contributed by atoms with van der Waals surface area (Å²) in [5, 5.41) is 9.23. The number of phenolic OH excluding ortho intramolecular Hbond substituents is 1.